The number of hydrogen-bond donors (Lipinski definition) is 2. The van der Waals surface area contributed by atoms with Crippen molar-refractivity contribution in [3.63, 3.8) is 0 Å². The first-order valence-corrected chi connectivity index (χ1v) is 6.93. The monoisotopic (exact) mass is 383 g/mol. The lowest BCUT2D eigenvalue weighted by molar-refractivity contribution is 0.663. The van der Waals surface area contributed by atoms with Gasteiger partial charge in [0.25, 0.3) is 0 Å². The summed E-state index contributed by atoms with van der Waals surface area (Å²) in [6.45, 7) is 7.32. The Morgan fingerprint density at radius 3 is 2.95 bits per heavy atom. The van der Waals surface area contributed by atoms with Crippen LogP contribution in [0.5, 0.6) is 0 Å². The van der Waals surface area contributed by atoms with Crippen LogP contribution in [0.2, 0.25) is 0 Å². The Morgan fingerprint density at radius 2 is 2.20 bits per heavy atom. The van der Waals surface area contributed by atoms with E-state index in [2.05, 4.69) is 41.2 Å². The molecule has 0 amide bonds. The van der Waals surface area contributed by atoms with Crippen molar-refractivity contribution < 1.29 is 0 Å². The lowest BCUT2D eigenvalue weighted by Crippen LogP contribution is -2.34. The predicted molar refractivity (Wildman–Crippen MR) is 94.6 cm³/mol. The summed E-state index contributed by atoms with van der Waals surface area (Å²) in [4.78, 5) is 4.25. The van der Waals surface area contributed by atoms with E-state index in [9.17, 15) is 0 Å². The molecule has 0 heterocycles. The highest BCUT2D eigenvalue weighted by Gasteiger charge is 2.54. The molecule has 3 N–H and O–H groups in total. The fourth-order valence-electron chi connectivity index (χ4n) is 3.26. The highest BCUT2D eigenvalue weighted by Crippen LogP contribution is 2.60. The molecule has 0 spiro atoms. The van der Waals surface area contributed by atoms with E-state index >= 15 is 0 Å². The summed E-state index contributed by atoms with van der Waals surface area (Å²) < 4.78 is 0. The maximum Gasteiger partial charge on any atom is 0.188 e. The van der Waals surface area contributed by atoms with Crippen LogP contribution < -0.4 is 11.1 Å². The molecule has 1 fully saturated rings. The number of nitrogens with zero attached hydrogens (tertiary/aromatic N) is 1. The third-order valence-corrected chi connectivity index (χ3v) is 4.24. The van der Waals surface area contributed by atoms with Crippen LogP contribution in [-0.4, -0.2) is 19.0 Å². The van der Waals surface area contributed by atoms with Gasteiger partial charge in [0, 0.05) is 6.54 Å². The van der Waals surface area contributed by atoms with Crippen LogP contribution in [0.4, 0.5) is 0 Å². The number of rotatable bonds is 4. The number of aliphatic imine (C=N–C) groups is 1. The maximum absolute atomic E-state index is 5.84. The molecule has 0 saturated heterocycles. The summed E-state index contributed by atoms with van der Waals surface area (Å²) in [5.41, 5.74) is 9.96. The molecule has 0 aliphatic heterocycles. The molecule has 4 heteroatoms. The van der Waals surface area contributed by atoms with Crippen molar-refractivity contribution in [2.75, 3.05) is 13.1 Å². The van der Waals surface area contributed by atoms with Gasteiger partial charge in [-0.15, -0.1) is 24.0 Å². The summed E-state index contributed by atoms with van der Waals surface area (Å²) in [5.74, 6) is 2.84. The first kappa shape index (κ1) is 15.4. The Balaban J connectivity index is 0.00000147. The van der Waals surface area contributed by atoms with Crippen LogP contribution in [0.25, 0.3) is 0 Å². The van der Waals surface area contributed by atoms with Gasteiger partial charge >= 0.3 is 0 Å². The van der Waals surface area contributed by atoms with E-state index in [1.165, 1.54) is 12.0 Å². The van der Waals surface area contributed by atoms with E-state index in [1.807, 2.05) is 6.92 Å². The van der Waals surface area contributed by atoms with Gasteiger partial charge in [0.2, 0.25) is 0 Å². The second-order valence-corrected chi connectivity index (χ2v) is 5.80. The van der Waals surface area contributed by atoms with Crippen LogP contribution in [0.1, 0.15) is 24.0 Å². The SMILES string of the molecule is C=C(C)CN=C(N)NCC1C2Cc3ccccc3C12.I. The smallest absolute Gasteiger partial charge is 0.188 e. The first-order chi connectivity index (χ1) is 9.16. The Morgan fingerprint density at radius 1 is 1.45 bits per heavy atom. The largest absolute Gasteiger partial charge is 0.370 e. The van der Waals surface area contributed by atoms with Crippen molar-refractivity contribution in [2.45, 2.75) is 19.3 Å². The summed E-state index contributed by atoms with van der Waals surface area (Å²) >= 11 is 0. The number of nitrogens with two attached hydrogens (primary N) is 1. The van der Waals surface area contributed by atoms with Gasteiger partial charge in [0.05, 0.1) is 6.54 Å². The van der Waals surface area contributed by atoms with Gasteiger partial charge in [0.1, 0.15) is 0 Å². The molecular formula is C16H22IN3. The molecule has 3 rings (SSSR count). The average molecular weight is 383 g/mol. The van der Waals surface area contributed by atoms with Crippen molar-refractivity contribution in [3.05, 3.63) is 47.5 Å². The molecule has 0 radical (unpaired) electrons. The molecule has 2 aliphatic rings. The van der Waals surface area contributed by atoms with Gasteiger partial charge in [-0.2, -0.15) is 0 Å². The van der Waals surface area contributed by atoms with Crippen molar-refractivity contribution in [3.8, 4) is 0 Å². The molecule has 3 atom stereocenters. The van der Waals surface area contributed by atoms with E-state index < -0.39 is 0 Å². The van der Waals surface area contributed by atoms with Crippen molar-refractivity contribution in [2.24, 2.45) is 22.6 Å². The van der Waals surface area contributed by atoms with Gasteiger partial charge in [-0.05, 0) is 42.2 Å². The molecule has 1 saturated carbocycles. The maximum atomic E-state index is 5.84. The first-order valence-electron chi connectivity index (χ1n) is 6.93. The van der Waals surface area contributed by atoms with Gasteiger partial charge in [-0.3, -0.25) is 0 Å². The highest BCUT2D eigenvalue weighted by atomic mass is 127. The molecule has 1 aromatic carbocycles. The highest BCUT2D eigenvalue weighted by molar-refractivity contribution is 14.0. The van der Waals surface area contributed by atoms with Crippen molar-refractivity contribution >= 4 is 29.9 Å². The van der Waals surface area contributed by atoms with Crippen LogP contribution >= 0.6 is 24.0 Å². The Labute approximate surface area is 137 Å². The van der Waals surface area contributed by atoms with Gasteiger partial charge in [-0.25, -0.2) is 4.99 Å². The topological polar surface area (TPSA) is 50.4 Å². The predicted octanol–water partition coefficient (Wildman–Crippen LogP) is 2.67. The van der Waals surface area contributed by atoms with Gasteiger partial charge in [0.15, 0.2) is 5.96 Å². The standard InChI is InChI=1S/C16H21N3.HI/c1-10(2)8-18-16(17)19-9-14-13-7-11-5-3-4-6-12(11)15(13)14;/h3-6,13-15H,1,7-9H2,2H3,(H3,17,18,19);1H. The number of halogens is 1. The van der Waals surface area contributed by atoms with Crippen LogP contribution in [0.3, 0.4) is 0 Å². The van der Waals surface area contributed by atoms with E-state index in [0.29, 0.717) is 12.5 Å². The summed E-state index contributed by atoms with van der Waals surface area (Å²) in [6.07, 6.45) is 1.23. The molecule has 0 bridgehead atoms. The van der Waals surface area contributed by atoms with E-state index in [-0.39, 0.29) is 24.0 Å². The molecular weight excluding hydrogens is 361 g/mol. The van der Waals surface area contributed by atoms with E-state index in [1.54, 1.807) is 5.56 Å². The summed E-state index contributed by atoms with van der Waals surface area (Å²) in [6, 6.07) is 8.82. The fraction of sp³-hybridized carbons (Fsp3) is 0.438. The number of nitrogens with one attached hydrogen (secondary N) is 1. The number of hydrogen-bond acceptors (Lipinski definition) is 1. The van der Waals surface area contributed by atoms with Crippen molar-refractivity contribution in [1.29, 1.82) is 0 Å². The van der Waals surface area contributed by atoms with Gasteiger partial charge < -0.3 is 11.1 Å². The zero-order valence-electron chi connectivity index (χ0n) is 11.8. The molecule has 2 aliphatic carbocycles. The quantitative estimate of drug-likeness (QED) is 0.364. The Kier molecular flexibility index (Phi) is 4.73. The molecule has 3 nitrogen and oxygen atoms in total. The second kappa shape index (κ2) is 6.16. The van der Waals surface area contributed by atoms with E-state index in [4.69, 9.17) is 5.73 Å². The van der Waals surface area contributed by atoms with Gasteiger partial charge in [-0.1, -0.05) is 36.4 Å². The Bertz CT molecular complexity index is 538. The fourth-order valence-corrected chi connectivity index (χ4v) is 3.26. The van der Waals surface area contributed by atoms with Crippen LogP contribution in [-0.2, 0) is 6.42 Å². The molecule has 0 aromatic heterocycles. The molecule has 20 heavy (non-hydrogen) atoms. The van der Waals surface area contributed by atoms with E-state index in [0.717, 1.165) is 29.9 Å². The number of fused-ring (bicyclic) bond motifs is 3. The Hall–Kier alpha value is -1.04. The summed E-state index contributed by atoms with van der Waals surface area (Å²) in [7, 11) is 0. The molecule has 108 valence electrons. The third-order valence-electron chi connectivity index (χ3n) is 4.24. The minimum Gasteiger partial charge on any atom is -0.370 e. The third kappa shape index (κ3) is 3.00. The summed E-state index contributed by atoms with van der Waals surface area (Å²) in [5, 5.41) is 3.25. The van der Waals surface area contributed by atoms with Crippen LogP contribution in [0.15, 0.2) is 41.4 Å². The average Bonchev–Trinajstić information content (AvgIpc) is 2.93. The molecule has 3 unspecified atom stereocenters. The lowest BCUT2D eigenvalue weighted by Gasteiger charge is -2.09. The normalized spacial score (nSPS) is 26.2. The van der Waals surface area contributed by atoms with Crippen LogP contribution in [0, 0.1) is 11.8 Å². The lowest BCUT2D eigenvalue weighted by atomic mass is 10.0. The molecule has 1 aromatic rings. The second-order valence-electron chi connectivity index (χ2n) is 5.80. The minimum atomic E-state index is 0. The number of benzene rings is 1. The minimum absolute atomic E-state index is 0. The zero-order chi connectivity index (χ0) is 13.4. The number of guanidine groups is 1. The van der Waals surface area contributed by atoms with Crippen molar-refractivity contribution in [1.82, 2.24) is 5.32 Å². The zero-order valence-corrected chi connectivity index (χ0v) is 14.1.